The number of aryl methyl sites for hydroxylation is 1. The van der Waals surface area contributed by atoms with Crippen molar-refractivity contribution in [2.75, 3.05) is 19.8 Å². The smallest absolute Gasteiger partial charge is 0.0547 e. The minimum Gasteiger partial charge on any atom is -0.396 e. The van der Waals surface area contributed by atoms with Crippen molar-refractivity contribution in [2.45, 2.75) is 26.2 Å². The van der Waals surface area contributed by atoms with Crippen LogP contribution in [0.4, 0.5) is 0 Å². The molecule has 1 aliphatic rings. The van der Waals surface area contributed by atoms with Gasteiger partial charge in [-0.25, -0.2) is 0 Å². The summed E-state index contributed by atoms with van der Waals surface area (Å²) < 4.78 is 5.51. The number of aliphatic hydroxyl groups is 1. The molecule has 0 radical (unpaired) electrons. The average Bonchev–Trinajstić information content (AvgIpc) is 2.33. The van der Waals surface area contributed by atoms with Crippen LogP contribution in [0.3, 0.4) is 0 Å². The number of ether oxygens (including phenoxy) is 1. The second kappa shape index (κ2) is 4.98. The van der Waals surface area contributed by atoms with E-state index < -0.39 is 0 Å². The highest BCUT2D eigenvalue weighted by Crippen LogP contribution is 2.32. The van der Waals surface area contributed by atoms with E-state index in [4.69, 9.17) is 4.74 Å². The van der Waals surface area contributed by atoms with E-state index in [1.807, 2.05) is 0 Å². The van der Waals surface area contributed by atoms with Crippen LogP contribution in [-0.4, -0.2) is 24.9 Å². The maximum Gasteiger partial charge on any atom is 0.0547 e. The lowest BCUT2D eigenvalue weighted by molar-refractivity contribution is -0.0378. The van der Waals surface area contributed by atoms with E-state index in [1.165, 1.54) is 11.1 Å². The topological polar surface area (TPSA) is 29.5 Å². The van der Waals surface area contributed by atoms with Gasteiger partial charge < -0.3 is 9.84 Å². The summed E-state index contributed by atoms with van der Waals surface area (Å²) in [5, 5.41) is 9.58. The molecule has 1 fully saturated rings. The molecule has 1 heterocycles. The lowest BCUT2D eigenvalue weighted by Gasteiger charge is -2.35. The van der Waals surface area contributed by atoms with Gasteiger partial charge in [-0.1, -0.05) is 29.8 Å². The van der Waals surface area contributed by atoms with Crippen molar-refractivity contribution < 1.29 is 9.84 Å². The number of benzene rings is 1. The SMILES string of the molecule is Cc1ccc(CC2(CO)CCCOC2)cc1. The Kier molecular flexibility index (Phi) is 3.62. The van der Waals surface area contributed by atoms with Gasteiger partial charge in [-0.05, 0) is 31.7 Å². The Hall–Kier alpha value is -0.860. The third-order valence-corrected chi connectivity index (χ3v) is 3.44. The molecule has 1 aliphatic heterocycles. The van der Waals surface area contributed by atoms with Crippen molar-refractivity contribution in [3.63, 3.8) is 0 Å². The number of aliphatic hydroxyl groups excluding tert-OH is 1. The zero-order valence-corrected chi connectivity index (χ0v) is 9.91. The normalized spacial score (nSPS) is 25.6. The van der Waals surface area contributed by atoms with Gasteiger partial charge in [0.2, 0.25) is 0 Å². The van der Waals surface area contributed by atoms with E-state index >= 15 is 0 Å². The lowest BCUT2D eigenvalue weighted by Crippen LogP contribution is -2.37. The summed E-state index contributed by atoms with van der Waals surface area (Å²) in [5.74, 6) is 0. The van der Waals surface area contributed by atoms with Crippen LogP contribution in [0, 0.1) is 12.3 Å². The highest BCUT2D eigenvalue weighted by Gasteiger charge is 2.32. The standard InChI is InChI=1S/C14H20O2/c1-12-3-5-13(6-4-12)9-14(10-15)7-2-8-16-11-14/h3-6,15H,2,7-11H2,1H3. The molecule has 1 atom stereocenters. The Morgan fingerprint density at radius 1 is 1.31 bits per heavy atom. The van der Waals surface area contributed by atoms with Crippen molar-refractivity contribution in [3.8, 4) is 0 Å². The van der Waals surface area contributed by atoms with Gasteiger partial charge in [-0.2, -0.15) is 0 Å². The molecule has 0 amide bonds. The van der Waals surface area contributed by atoms with Crippen molar-refractivity contribution in [1.82, 2.24) is 0 Å². The summed E-state index contributed by atoms with van der Waals surface area (Å²) in [6.45, 7) is 3.85. The van der Waals surface area contributed by atoms with Gasteiger partial charge in [0.15, 0.2) is 0 Å². The molecular formula is C14H20O2. The molecule has 0 aliphatic carbocycles. The Labute approximate surface area is 97.3 Å². The first kappa shape index (κ1) is 11.6. The second-order valence-corrected chi connectivity index (χ2v) is 4.98. The van der Waals surface area contributed by atoms with Crippen molar-refractivity contribution in [2.24, 2.45) is 5.41 Å². The van der Waals surface area contributed by atoms with E-state index in [0.717, 1.165) is 25.9 Å². The van der Waals surface area contributed by atoms with Crippen LogP contribution in [-0.2, 0) is 11.2 Å². The van der Waals surface area contributed by atoms with Gasteiger partial charge in [-0.3, -0.25) is 0 Å². The third-order valence-electron chi connectivity index (χ3n) is 3.44. The van der Waals surface area contributed by atoms with Gasteiger partial charge >= 0.3 is 0 Å². The molecule has 1 saturated heterocycles. The van der Waals surface area contributed by atoms with Crippen LogP contribution in [0.2, 0.25) is 0 Å². The third kappa shape index (κ3) is 2.63. The zero-order valence-electron chi connectivity index (χ0n) is 9.91. The number of rotatable bonds is 3. The molecule has 0 saturated carbocycles. The Morgan fingerprint density at radius 3 is 2.62 bits per heavy atom. The minimum absolute atomic E-state index is 0.0481. The molecular weight excluding hydrogens is 200 g/mol. The van der Waals surface area contributed by atoms with E-state index in [-0.39, 0.29) is 12.0 Å². The summed E-state index contributed by atoms with van der Waals surface area (Å²) in [6.07, 6.45) is 3.05. The van der Waals surface area contributed by atoms with E-state index in [1.54, 1.807) is 0 Å². The highest BCUT2D eigenvalue weighted by molar-refractivity contribution is 5.22. The Morgan fingerprint density at radius 2 is 2.06 bits per heavy atom. The first-order valence-electron chi connectivity index (χ1n) is 5.98. The van der Waals surface area contributed by atoms with Crippen LogP contribution in [0.25, 0.3) is 0 Å². The van der Waals surface area contributed by atoms with Crippen LogP contribution < -0.4 is 0 Å². The molecule has 16 heavy (non-hydrogen) atoms. The van der Waals surface area contributed by atoms with Crippen LogP contribution in [0.5, 0.6) is 0 Å². The molecule has 1 unspecified atom stereocenters. The molecule has 1 aromatic rings. The molecule has 2 rings (SSSR count). The molecule has 88 valence electrons. The maximum absolute atomic E-state index is 9.58. The largest absolute Gasteiger partial charge is 0.396 e. The van der Waals surface area contributed by atoms with Crippen LogP contribution in [0.15, 0.2) is 24.3 Å². The highest BCUT2D eigenvalue weighted by atomic mass is 16.5. The lowest BCUT2D eigenvalue weighted by atomic mass is 9.78. The quantitative estimate of drug-likeness (QED) is 0.847. The second-order valence-electron chi connectivity index (χ2n) is 4.98. The van der Waals surface area contributed by atoms with Gasteiger partial charge in [0.25, 0.3) is 0 Å². The van der Waals surface area contributed by atoms with Gasteiger partial charge in [0.05, 0.1) is 13.2 Å². The maximum atomic E-state index is 9.58. The molecule has 1 N–H and O–H groups in total. The monoisotopic (exact) mass is 220 g/mol. The molecule has 0 spiro atoms. The molecule has 0 bridgehead atoms. The van der Waals surface area contributed by atoms with Crippen LogP contribution in [0.1, 0.15) is 24.0 Å². The first-order chi connectivity index (χ1) is 7.74. The van der Waals surface area contributed by atoms with Crippen molar-refractivity contribution >= 4 is 0 Å². The fourth-order valence-electron chi connectivity index (χ4n) is 2.37. The number of hydrogen-bond donors (Lipinski definition) is 1. The average molecular weight is 220 g/mol. The van der Waals surface area contributed by atoms with E-state index in [9.17, 15) is 5.11 Å². The van der Waals surface area contributed by atoms with Gasteiger partial charge in [0, 0.05) is 12.0 Å². The fraction of sp³-hybridized carbons (Fsp3) is 0.571. The molecule has 0 aromatic heterocycles. The summed E-state index contributed by atoms with van der Waals surface area (Å²) in [6, 6.07) is 8.57. The molecule has 1 aromatic carbocycles. The predicted octanol–water partition coefficient (Wildman–Crippen LogP) is 2.33. The first-order valence-corrected chi connectivity index (χ1v) is 5.98. The summed E-state index contributed by atoms with van der Waals surface area (Å²) >= 11 is 0. The van der Waals surface area contributed by atoms with E-state index in [0.29, 0.717) is 6.61 Å². The predicted molar refractivity (Wildman–Crippen MR) is 64.5 cm³/mol. The fourth-order valence-corrected chi connectivity index (χ4v) is 2.37. The summed E-state index contributed by atoms with van der Waals surface area (Å²) in [4.78, 5) is 0. The molecule has 2 heteroatoms. The summed E-state index contributed by atoms with van der Waals surface area (Å²) in [7, 11) is 0. The summed E-state index contributed by atoms with van der Waals surface area (Å²) in [5.41, 5.74) is 2.53. The van der Waals surface area contributed by atoms with Crippen molar-refractivity contribution in [3.05, 3.63) is 35.4 Å². The Balaban J connectivity index is 2.08. The van der Waals surface area contributed by atoms with Crippen LogP contribution >= 0.6 is 0 Å². The Bertz CT molecular complexity index is 323. The molecule has 2 nitrogen and oxygen atoms in total. The number of hydrogen-bond acceptors (Lipinski definition) is 2. The zero-order chi connectivity index (χ0) is 11.4. The van der Waals surface area contributed by atoms with Gasteiger partial charge in [0.1, 0.15) is 0 Å². The van der Waals surface area contributed by atoms with Gasteiger partial charge in [-0.15, -0.1) is 0 Å². The van der Waals surface area contributed by atoms with Crippen molar-refractivity contribution in [1.29, 1.82) is 0 Å². The van der Waals surface area contributed by atoms with E-state index in [2.05, 4.69) is 31.2 Å². The minimum atomic E-state index is -0.0481.